The number of nitrogens with one attached hydrogen (secondary N) is 1. The van der Waals surface area contributed by atoms with Gasteiger partial charge in [-0.25, -0.2) is 0 Å². The van der Waals surface area contributed by atoms with Crippen LogP contribution in [0.3, 0.4) is 0 Å². The molecule has 7 aromatic rings. The Morgan fingerprint density at radius 2 is 1.41 bits per heavy atom. The molecule has 0 unspecified atom stereocenters. The Labute approximate surface area is 240 Å². The molecule has 0 aliphatic rings. The Bertz CT molecular complexity index is 2180. The van der Waals surface area contributed by atoms with E-state index in [1.807, 2.05) is 6.21 Å². The first-order valence-electron chi connectivity index (χ1n) is 14.2. The molecule has 0 saturated carbocycles. The maximum absolute atomic E-state index is 5.22. The molecule has 0 bridgehead atoms. The van der Waals surface area contributed by atoms with E-state index in [1.165, 1.54) is 82.3 Å². The summed E-state index contributed by atoms with van der Waals surface area (Å²) >= 11 is 0. The Morgan fingerprint density at radius 1 is 0.659 bits per heavy atom. The predicted octanol–water partition coefficient (Wildman–Crippen LogP) is 11.0. The number of para-hydroxylation sites is 1. The second-order valence-electron chi connectivity index (χ2n) is 11.1. The lowest BCUT2D eigenvalue weighted by molar-refractivity contribution is 1.40. The number of aromatic nitrogens is 1. The molecule has 2 nitrogen and oxygen atoms in total. The second kappa shape index (κ2) is 9.91. The van der Waals surface area contributed by atoms with Crippen molar-refractivity contribution in [2.24, 2.45) is 4.99 Å². The molecule has 2 heteroatoms. The average molecular weight is 529 g/mol. The molecule has 198 valence electrons. The van der Waals surface area contributed by atoms with Crippen LogP contribution in [0.4, 0.5) is 5.69 Å². The number of allylic oxidation sites excluding steroid dienone is 2. The summed E-state index contributed by atoms with van der Waals surface area (Å²) in [4.78, 5) is 8.94. The number of H-pyrrole nitrogens is 1. The van der Waals surface area contributed by atoms with Gasteiger partial charge in [-0.1, -0.05) is 84.9 Å². The number of fused-ring (bicyclic) bond motifs is 7. The highest BCUT2D eigenvalue weighted by atomic mass is 14.7. The van der Waals surface area contributed by atoms with Gasteiger partial charge in [-0.15, -0.1) is 0 Å². The third-order valence-electron chi connectivity index (χ3n) is 8.50. The molecule has 41 heavy (non-hydrogen) atoms. The number of aromatic amines is 1. The fourth-order valence-corrected chi connectivity index (χ4v) is 6.34. The molecule has 0 aliphatic carbocycles. The number of rotatable bonds is 4. The molecule has 0 spiro atoms. The number of hydrogen-bond donors (Lipinski definition) is 1. The fourth-order valence-electron chi connectivity index (χ4n) is 6.34. The lowest BCUT2D eigenvalue weighted by atomic mass is 9.88. The minimum absolute atomic E-state index is 1.03. The van der Waals surface area contributed by atoms with Gasteiger partial charge in [0, 0.05) is 33.3 Å². The summed E-state index contributed by atoms with van der Waals surface area (Å²) in [7, 11) is 0. The summed E-state index contributed by atoms with van der Waals surface area (Å²) < 4.78 is 0. The van der Waals surface area contributed by atoms with Gasteiger partial charge in [0.15, 0.2) is 0 Å². The molecule has 1 N–H and O–H groups in total. The summed E-state index contributed by atoms with van der Waals surface area (Å²) in [5.41, 5.74) is 12.0. The van der Waals surface area contributed by atoms with Crippen LogP contribution in [0.1, 0.15) is 29.2 Å². The van der Waals surface area contributed by atoms with E-state index in [4.69, 9.17) is 4.99 Å². The Hall–Kier alpha value is -4.95. The highest BCUT2D eigenvalue weighted by molar-refractivity contribution is 6.25. The van der Waals surface area contributed by atoms with E-state index in [9.17, 15) is 0 Å². The van der Waals surface area contributed by atoms with E-state index in [0.717, 1.165) is 5.69 Å². The van der Waals surface area contributed by atoms with E-state index in [1.54, 1.807) is 0 Å². The number of benzene rings is 6. The molecule has 1 heterocycles. The van der Waals surface area contributed by atoms with Crippen LogP contribution in [-0.2, 0) is 0 Å². The lowest BCUT2D eigenvalue weighted by Gasteiger charge is -2.17. The Kier molecular flexibility index (Phi) is 6.05. The minimum Gasteiger partial charge on any atom is -0.354 e. The molecule has 7 rings (SSSR count). The summed E-state index contributed by atoms with van der Waals surface area (Å²) in [6, 6.07) is 36.9. The molecule has 0 aliphatic heterocycles. The lowest BCUT2D eigenvalue weighted by Crippen LogP contribution is -1.92. The Morgan fingerprint density at radius 3 is 2.24 bits per heavy atom. The first-order valence-corrected chi connectivity index (χ1v) is 14.2. The molecule has 6 aromatic carbocycles. The molecule has 0 radical (unpaired) electrons. The van der Waals surface area contributed by atoms with Gasteiger partial charge in [0.2, 0.25) is 0 Å². The van der Waals surface area contributed by atoms with Crippen LogP contribution in [-0.4, -0.2) is 11.2 Å². The quantitative estimate of drug-likeness (QED) is 0.174. The summed E-state index contributed by atoms with van der Waals surface area (Å²) in [6.07, 6.45) is 4.09. The molecular formula is C39H32N2. The largest absolute Gasteiger partial charge is 0.354 e. The minimum atomic E-state index is 1.03. The van der Waals surface area contributed by atoms with Gasteiger partial charge >= 0.3 is 0 Å². The molecule has 0 fully saturated rings. The topological polar surface area (TPSA) is 28.1 Å². The van der Waals surface area contributed by atoms with E-state index in [0.29, 0.717) is 0 Å². The normalized spacial score (nSPS) is 12.4. The summed E-state index contributed by atoms with van der Waals surface area (Å²) in [5.74, 6) is 0. The zero-order valence-corrected chi connectivity index (χ0v) is 23.9. The monoisotopic (exact) mass is 528 g/mol. The fraction of sp³-hybridized carbons (Fsp3) is 0.103. The van der Waals surface area contributed by atoms with Crippen LogP contribution in [0.2, 0.25) is 0 Å². The van der Waals surface area contributed by atoms with E-state index in [-0.39, 0.29) is 0 Å². The van der Waals surface area contributed by atoms with Crippen LogP contribution in [0.5, 0.6) is 0 Å². The standard InChI is InChI=1S/C39H32N2/c1-24(28-13-6-5-7-14-28)20-21-40-38-27(4)33(30-15-9-8-12-25(30)2)23-29-18-19-32-36(37(29)38)26(3)22-34-31-16-10-11-17-35(31)41-39(32)34/h5-23,41H,1-4H3/b24-20+,40-21?. The van der Waals surface area contributed by atoms with E-state index >= 15 is 0 Å². The third kappa shape index (κ3) is 4.15. The van der Waals surface area contributed by atoms with Crippen LogP contribution in [0.25, 0.3) is 60.1 Å². The highest BCUT2D eigenvalue weighted by Gasteiger charge is 2.18. The zero-order chi connectivity index (χ0) is 28.1. The maximum atomic E-state index is 5.22. The van der Waals surface area contributed by atoms with Gasteiger partial charge in [0.1, 0.15) is 0 Å². The summed E-state index contributed by atoms with van der Waals surface area (Å²) in [6.45, 7) is 8.78. The van der Waals surface area contributed by atoms with Crippen LogP contribution < -0.4 is 0 Å². The van der Waals surface area contributed by atoms with Gasteiger partial charge in [-0.3, -0.25) is 4.99 Å². The van der Waals surface area contributed by atoms with Gasteiger partial charge in [-0.05, 0) is 102 Å². The number of hydrogen-bond acceptors (Lipinski definition) is 1. The molecule has 0 amide bonds. The number of aryl methyl sites for hydroxylation is 2. The van der Waals surface area contributed by atoms with Crippen molar-refractivity contribution in [2.45, 2.75) is 27.7 Å². The Balaban J connectivity index is 1.55. The second-order valence-corrected chi connectivity index (χ2v) is 11.1. The smallest absolute Gasteiger partial charge is 0.0749 e. The van der Waals surface area contributed by atoms with Crippen molar-refractivity contribution in [3.8, 4) is 11.1 Å². The predicted molar refractivity (Wildman–Crippen MR) is 179 cm³/mol. The van der Waals surface area contributed by atoms with Crippen LogP contribution in [0, 0.1) is 20.8 Å². The first-order chi connectivity index (χ1) is 20.0. The van der Waals surface area contributed by atoms with Crippen molar-refractivity contribution in [1.82, 2.24) is 4.98 Å². The first kappa shape index (κ1) is 25.0. The molecule has 0 atom stereocenters. The van der Waals surface area contributed by atoms with Crippen molar-refractivity contribution >= 4 is 60.8 Å². The van der Waals surface area contributed by atoms with Gasteiger partial charge < -0.3 is 4.98 Å². The highest BCUT2D eigenvalue weighted by Crippen LogP contribution is 2.44. The van der Waals surface area contributed by atoms with Gasteiger partial charge in [-0.2, -0.15) is 0 Å². The van der Waals surface area contributed by atoms with Crippen LogP contribution in [0.15, 0.2) is 114 Å². The third-order valence-corrected chi connectivity index (χ3v) is 8.50. The van der Waals surface area contributed by atoms with E-state index < -0.39 is 0 Å². The molecular weight excluding hydrogens is 496 g/mol. The van der Waals surface area contributed by atoms with Crippen LogP contribution >= 0.6 is 0 Å². The number of nitrogens with zero attached hydrogens (tertiary/aromatic N) is 1. The molecule has 1 aromatic heterocycles. The van der Waals surface area contributed by atoms with Gasteiger partial charge in [0.05, 0.1) is 11.2 Å². The average Bonchev–Trinajstić information content (AvgIpc) is 3.37. The van der Waals surface area contributed by atoms with E-state index in [2.05, 4.69) is 142 Å². The van der Waals surface area contributed by atoms with Crippen molar-refractivity contribution in [3.05, 3.63) is 131 Å². The van der Waals surface area contributed by atoms with Crippen molar-refractivity contribution in [2.75, 3.05) is 0 Å². The summed E-state index contributed by atoms with van der Waals surface area (Å²) in [5, 5.41) is 7.44. The SMILES string of the molecule is C/C(=C\C=Nc1c(C)c(-c2ccccc2C)cc2ccc3c4[nH]c5ccccc5c4cc(C)c3c12)c1ccccc1. The number of aliphatic imine (C=N–C) groups is 1. The van der Waals surface area contributed by atoms with Gasteiger partial charge in [0.25, 0.3) is 0 Å². The zero-order valence-electron chi connectivity index (χ0n) is 23.9. The van der Waals surface area contributed by atoms with Crippen molar-refractivity contribution in [1.29, 1.82) is 0 Å². The van der Waals surface area contributed by atoms with Crippen molar-refractivity contribution < 1.29 is 0 Å². The van der Waals surface area contributed by atoms with Crippen molar-refractivity contribution in [3.63, 3.8) is 0 Å². The maximum Gasteiger partial charge on any atom is 0.0749 e. The molecule has 0 saturated heterocycles.